The number of benzene rings is 2. The second kappa shape index (κ2) is 13.4. The summed E-state index contributed by atoms with van der Waals surface area (Å²) >= 11 is 0. The van der Waals surface area contributed by atoms with Crippen LogP contribution in [0.5, 0.6) is 5.75 Å². The average molecular weight is 576 g/mol. The fourth-order valence-electron chi connectivity index (χ4n) is 5.55. The fraction of sp³-hybridized carbons (Fsp3) is 0.500. The predicted octanol–water partition coefficient (Wildman–Crippen LogP) is 2.93. The normalized spacial score (nSPS) is 25.8. The van der Waals surface area contributed by atoms with E-state index in [0.717, 1.165) is 4.90 Å². The van der Waals surface area contributed by atoms with Gasteiger partial charge in [0.2, 0.25) is 5.91 Å². The third-order valence-corrected chi connectivity index (χ3v) is 8.00. The van der Waals surface area contributed by atoms with Crippen LogP contribution in [-0.2, 0) is 16.0 Å². The number of nitrogens with zero attached hydrogens (tertiary/aromatic N) is 1. The van der Waals surface area contributed by atoms with Gasteiger partial charge in [-0.15, -0.1) is 0 Å². The molecule has 4 rings (SSSR count). The number of carbonyl (C=O) groups excluding carboxylic acids is 3. The second-order valence-corrected chi connectivity index (χ2v) is 11.0. The van der Waals surface area contributed by atoms with Crippen LogP contribution in [0.1, 0.15) is 47.2 Å². The number of carbonyl (C=O) groups is 3. The van der Waals surface area contributed by atoms with E-state index < -0.39 is 61.0 Å². The van der Waals surface area contributed by atoms with Crippen molar-refractivity contribution in [1.29, 1.82) is 0 Å². The zero-order chi connectivity index (χ0) is 29.7. The number of likely N-dealkylation sites (tertiary alicyclic amines) is 1. The lowest BCUT2D eigenvalue weighted by molar-refractivity contribution is -0.146. The van der Waals surface area contributed by atoms with Crippen molar-refractivity contribution in [2.75, 3.05) is 13.1 Å². The van der Waals surface area contributed by atoms with Gasteiger partial charge in [0.05, 0.1) is 12.6 Å². The largest absolute Gasteiger partial charge is 0.508 e. The smallest absolute Gasteiger partial charge is 0.254 e. The van der Waals surface area contributed by atoms with Crippen LogP contribution in [-0.4, -0.2) is 82.6 Å². The summed E-state index contributed by atoms with van der Waals surface area (Å²) in [5, 5.41) is 26.5. The first-order chi connectivity index (χ1) is 19.5. The number of phenols is 1. The number of hydrogen-bond donors (Lipinski definition) is 4. The van der Waals surface area contributed by atoms with Gasteiger partial charge in [0.1, 0.15) is 30.3 Å². The first kappa shape index (κ1) is 30.4. The molecule has 1 aliphatic heterocycles. The zero-order valence-electron chi connectivity index (χ0n) is 22.8. The van der Waals surface area contributed by atoms with Crippen molar-refractivity contribution >= 4 is 17.7 Å². The van der Waals surface area contributed by atoms with Gasteiger partial charge in [0.25, 0.3) is 11.8 Å². The molecule has 11 heteroatoms. The molecule has 1 heterocycles. The summed E-state index contributed by atoms with van der Waals surface area (Å²) in [4.78, 5) is 40.6. The zero-order valence-corrected chi connectivity index (χ0v) is 22.8. The van der Waals surface area contributed by atoms with Gasteiger partial charge in [-0.2, -0.15) is 0 Å². The number of aromatic hydroxyl groups is 1. The number of hydrogen-bond acceptors (Lipinski definition) is 5. The van der Waals surface area contributed by atoms with Gasteiger partial charge >= 0.3 is 0 Å². The average Bonchev–Trinajstić information content (AvgIpc) is 3.36. The topological polar surface area (TPSA) is 119 Å². The van der Waals surface area contributed by atoms with E-state index in [4.69, 9.17) is 0 Å². The molecule has 2 aromatic carbocycles. The Morgan fingerprint density at radius 3 is 2.44 bits per heavy atom. The van der Waals surface area contributed by atoms with Crippen LogP contribution in [0.4, 0.5) is 13.2 Å². The summed E-state index contributed by atoms with van der Waals surface area (Å²) in [5.41, 5.74) is 1.19. The van der Waals surface area contributed by atoms with Crippen molar-refractivity contribution in [2.24, 2.45) is 5.92 Å². The highest BCUT2D eigenvalue weighted by Crippen LogP contribution is 2.29. The maximum absolute atomic E-state index is 14.5. The van der Waals surface area contributed by atoms with Gasteiger partial charge in [-0.3, -0.25) is 14.4 Å². The van der Waals surface area contributed by atoms with Crippen LogP contribution in [0.25, 0.3) is 0 Å². The second-order valence-electron chi connectivity index (χ2n) is 11.0. The number of aliphatic hydroxyl groups excluding tert-OH is 1. The van der Waals surface area contributed by atoms with Gasteiger partial charge in [-0.1, -0.05) is 36.4 Å². The van der Waals surface area contributed by atoms with Gasteiger partial charge in [-0.25, -0.2) is 13.2 Å². The molecular weight excluding hydrogens is 539 g/mol. The number of phenolic OH excluding ortho intramolecular Hbond substituents is 1. The van der Waals surface area contributed by atoms with Crippen LogP contribution in [0, 0.1) is 12.8 Å². The molecule has 0 aromatic heterocycles. The fourth-order valence-corrected chi connectivity index (χ4v) is 5.55. The van der Waals surface area contributed by atoms with E-state index in [0.29, 0.717) is 17.5 Å². The van der Waals surface area contributed by atoms with Gasteiger partial charge in [0.15, 0.2) is 6.10 Å². The van der Waals surface area contributed by atoms with Crippen LogP contribution < -0.4 is 10.6 Å². The summed E-state index contributed by atoms with van der Waals surface area (Å²) in [6.07, 6.45) is -6.21. The van der Waals surface area contributed by atoms with E-state index in [9.17, 15) is 37.8 Å². The monoisotopic (exact) mass is 575 g/mol. The number of amides is 3. The van der Waals surface area contributed by atoms with Crippen molar-refractivity contribution in [2.45, 2.75) is 75.7 Å². The lowest BCUT2D eigenvalue weighted by atomic mass is 9.87. The summed E-state index contributed by atoms with van der Waals surface area (Å²) < 4.78 is 41.8. The number of nitrogens with one attached hydrogen (secondary N) is 2. The minimum Gasteiger partial charge on any atom is -0.508 e. The highest BCUT2D eigenvalue weighted by atomic mass is 19.2. The highest BCUT2D eigenvalue weighted by molar-refractivity contribution is 5.97. The molecular formula is C30H36F3N3O5. The van der Waals surface area contributed by atoms with Crippen LogP contribution in [0.15, 0.2) is 48.5 Å². The standard InChI is InChI=1S/C30H36F3N3O5/c1-17-21(8-5-9-26(17)37)28(39)35-24(13-18-6-3-2-4-7-18)27(38)30(41)36-16-20(31)14-25(36)29(40)34-15-19-10-11-22(32)23(33)12-19/h2-9,19-20,22-25,27,37-38H,10-16H2,1H3,(H,34,40)(H,35,39)/t19?,20-,22+,23?,24+,25+,27+/m1/s1. The Morgan fingerprint density at radius 2 is 1.73 bits per heavy atom. The third kappa shape index (κ3) is 7.38. The molecule has 7 atom stereocenters. The van der Waals surface area contributed by atoms with E-state index >= 15 is 0 Å². The molecule has 222 valence electrons. The molecule has 0 bridgehead atoms. The minimum atomic E-state index is -1.82. The summed E-state index contributed by atoms with van der Waals surface area (Å²) in [6.45, 7) is 1.22. The molecule has 0 radical (unpaired) electrons. The third-order valence-electron chi connectivity index (χ3n) is 8.00. The molecule has 4 N–H and O–H groups in total. The molecule has 0 spiro atoms. The Kier molecular flexibility index (Phi) is 9.90. The lowest BCUT2D eigenvalue weighted by Crippen LogP contribution is -2.56. The molecule has 1 saturated heterocycles. The Bertz CT molecular complexity index is 1230. The lowest BCUT2D eigenvalue weighted by Gasteiger charge is -2.31. The van der Waals surface area contributed by atoms with Crippen LogP contribution >= 0.6 is 0 Å². The highest BCUT2D eigenvalue weighted by Gasteiger charge is 2.44. The van der Waals surface area contributed by atoms with Crippen molar-refractivity contribution in [3.63, 3.8) is 0 Å². The van der Waals surface area contributed by atoms with Crippen LogP contribution in [0.3, 0.4) is 0 Å². The Balaban J connectivity index is 1.48. The van der Waals surface area contributed by atoms with E-state index in [1.807, 2.05) is 0 Å². The molecule has 2 aliphatic rings. The van der Waals surface area contributed by atoms with Crippen molar-refractivity contribution in [1.82, 2.24) is 15.5 Å². The molecule has 2 unspecified atom stereocenters. The molecule has 3 amide bonds. The van der Waals surface area contributed by atoms with Crippen LogP contribution in [0.2, 0.25) is 0 Å². The van der Waals surface area contributed by atoms with E-state index in [-0.39, 0.29) is 49.5 Å². The van der Waals surface area contributed by atoms with Crippen molar-refractivity contribution in [3.8, 4) is 5.75 Å². The van der Waals surface area contributed by atoms with E-state index in [1.165, 1.54) is 18.2 Å². The Hall–Kier alpha value is -3.60. The SMILES string of the molecule is Cc1c(O)cccc1C(=O)N[C@@H](Cc1ccccc1)[C@H](O)C(=O)N1C[C@H](F)C[C@H]1C(=O)NCC1CC[C@H](F)C(F)C1. The van der Waals surface area contributed by atoms with Gasteiger partial charge in [-0.05, 0) is 56.2 Å². The number of rotatable bonds is 9. The first-order valence-corrected chi connectivity index (χ1v) is 13.9. The predicted molar refractivity (Wildman–Crippen MR) is 145 cm³/mol. The van der Waals surface area contributed by atoms with E-state index in [1.54, 1.807) is 37.3 Å². The molecule has 1 saturated carbocycles. The summed E-state index contributed by atoms with van der Waals surface area (Å²) in [7, 11) is 0. The quantitative estimate of drug-likeness (QED) is 0.367. The maximum atomic E-state index is 14.5. The minimum absolute atomic E-state index is 0.0290. The number of halogens is 3. The van der Waals surface area contributed by atoms with Crippen molar-refractivity contribution < 1.29 is 37.8 Å². The Morgan fingerprint density at radius 1 is 1.00 bits per heavy atom. The molecule has 1 aliphatic carbocycles. The number of aliphatic hydroxyl groups is 1. The van der Waals surface area contributed by atoms with Gasteiger partial charge in [0, 0.05) is 24.1 Å². The number of alkyl halides is 3. The molecule has 8 nitrogen and oxygen atoms in total. The van der Waals surface area contributed by atoms with Crippen molar-refractivity contribution in [3.05, 3.63) is 65.2 Å². The maximum Gasteiger partial charge on any atom is 0.254 e. The van der Waals surface area contributed by atoms with E-state index in [2.05, 4.69) is 10.6 Å². The molecule has 2 aromatic rings. The van der Waals surface area contributed by atoms with Gasteiger partial charge < -0.3 is 25.7 Å². The Labute approximate surface area is 236 Å². The summed E-state index contributed by atoms with van der Waals surface area (Å²) in [5.74, 6) is -2.54. The summed E-state index contributed by atoms with van der Waals surface area (Å²) in [6, 6.07) is 10.9. The molecule has 2 fully saturated rings. The first-order valence-electron chi connectivity index (χ1n) is 13.9. The molecule has 41 heavy (non-hydrogen) atoms.